The van der Waals surface area contributed by atoms with Gasteiger partial charge in [0.05, 0.1) is 18.3 Å². The summed E-state index contributed by atoms with van der Waals surface area (Å²) >= 11 is 0. The molecule has 0 amide bonds. The number of hydrogen-bond acceptors (Lipinski definition) is 3. The molecule has 2 aromatic rings. The molecule has 2 atom stereocenters. The van der Waals surface area contributed by atoms with E-state index in [0.717, 1.165) is 5.56 Å². The van der Waals surface area contributed by atoms with Crippen molar-refractivity contribution < 1.29 is 13.2 Å². The van der Waals surface area contributed by atoms with Crippen LogP contribution in [-0.2, 0) is 6.54 Å². The Bertz CT molecular complexity index is 530. The van der Waals surface area contributed by atoms with E-state index in [-0.39, 0.29) is 18.9 Å². The summed E-state index contributed by atoms with van der Waals surface area (Å²) in [6.07, 6.45) is 0.980. The van der Waals surface area contributed by atoms with Crippen molar-refractivity contribution >= 4 is 0 Å². The van der Waals surface area contributed by atoms with Crippen molar-refractivity contribution in [3.8, 4) is 11.3 Å². The molecule has 1 aliphatic carbocycles. The van der Waals surface area contributed by atoms with E-state index in [1.54, 1.807) is 18.6 Å². The molecule has 8 heteroatoms. The number of hydrogen-bond donors (Lipinski definition) is 1. The van der Waals surface area contributed by atoms with Crippen molar-refractivity contribution in [2.24, 2.45) is 11.8 Å². The Balaban J connectivity index is 1.66. The van der Waals surface area contributed by atoms with Crippen LogP contribution in [0.5, 0.6) is 0 Å². The van der Waals surface area contributed by atoms with E-state index in [4.69, 9.17) is 0 Å². The molecule has 0 saturated heterocycles. The third kappa shape index (κ3) is 2.09. The highest BCUT2D eigenvalue weighted by atomic mass is 19.4. The number of halogens is 3. The van der Waals surface area contributed by atoms with Crippen LogP contribution in [0.15, 0.2) is 18.6 Å². The Morgan fingerprint density at radius 3 is 2.89 bits per heavy atom. The largest absolute Gasteiger partial charge is 0.392 e. The van der Waals surface area contributed by atoms with Crippen LogP contribution < -0.4 is 0 Å². The van der Waals surface area contributed by atoms with Gasteiger partial charge in [0.25, 0.3) is 0 Å². The van der Waals surface area contributed by atoms with Crippen LogP contribution in [0.1, 0.15) is 6.42 Å². The lowest BCUT2D eigenvalue weighted by atomic mass is 10.3. The van der Waals surface area contributed by atoms with Gasteiger partial charge in [0.2, 0.25) is 0 Å². The van der Waals surface area contributed by atoms with Gasteiger partial charge in [0.1, 0.15) is 5.69 Å². The first-order valence-electron chi connectivity index (χ1n) is 5.50. The van der Waals surface area contributed by atoms with Crippen LogP contribution in [0, 0.1) is 11.8 Å². The van der Waals surface area contributed by atoms with Crippen molar-refractivity contribution in [2.75, 3.05) is 0 Å². The Labute approximate surface area is 100.0 Å². The molecule has 1 saturated carbocycles. The molecule has 0 radical (unpaired) electrons. The van der Waals surface area contributed by atoms with Gasteiger partial charge < -0.3 is 0 Å². The normalized spacial score (nSPS) is 23.3. The molecule has 1 N–H and O–H groups in total. The van der Waals surface area contributed by atoms with Crippen LogP contribution >= 0.6 is 0 Å². The zero-order valence-electron chi connectivity index (χ0n) is 9.22. The first-order chi connectivity index (χ1) is 8.54. The molecule has 1 aliphatic rings. The highest BCUT2D eigenvalue weighted by molar-refractivity contribution is 5.54. The van der Waals surface area contributed by atoms with Gasteiger partial charge in [0, 0.05) is 18.3 Å². The molecule has 3 rings (SSSR count). The smallest absolute Gasteiger partial charge is 0.285 e. The molecule has 0 bridgehead atoms. The first-order valence-corrected chi connectivity index (χ1v) is 5.50. The SMILES string of the molecule is FC(F)(F)[C@@H]1C[C@H]1Cn1cc(-c2cn[nH]c2)nn1. The predicted molar refractivity (Wildman–Crippen MR) is 55.3 cm³/mol. The molecule has 0 spiro atoms. The van der Waals surface area contributed by atoms with Gasteiger partial charge in [-0.15, -0.1) is 5.10 Å². The Morgan fingerprint density at radius 1 is 1.44 bits per heavy atom. The van der Waals surface area contributed by atoms with Crippen LogP contribution in [0.4, 0.5) is 13.2 Å². The van der Waals surface area contributed by atoms with E-state index >= 15 is 0 Å². The quantitative estimate of drug-likeness (QED) is 0.913. The monoisotopic (exact) mass is 257 g/mol. The molecule has 1 fully saturated rings. The van der Waals surface area contributed by atoms with E-state index in [9.17, 15) is 13.2 Å². The van der Waals surface area contributed by atoms with Gasteiger partial charge in [-0.3, -0.25) is 9.78 Å². The summed E-state index contributed by atoms with van der Waals surface area (Å²) in [6.45, 7) is 0.259. The second-order valence-electron chi connectivity index (χ2n) is 4.46. The van der Waals surface area contributed by atoms with Crippen molar-refractivity contribution in [3.63, 3.8) is 0 Å². The van der Waals surface area contributed by atoms with Crippen LogP contribution in [0.25, 0.3) is 11.3 Å². The summed E-state index contributed by atoms with van der Waals surface area (Å²) in [5.41, 5.74) is 1.37. The molecule has 18 heavy (non-hydrogen) atoms. The van der Waals surface area contributed by atoms with Crippen molar-refractivity contribution in [1.29, 1.82) is 0 Å². The fraction of sp³-hybridized carbons (Fsp3) is 0.500. The minimum atomic E-state index is -4.08. The summed E-state index contributed by atoms with van der Waals surface area (Å²) in [5.74, 6) is -1.55. The first kappa shape index (κ1) is 11.2. The number of aromatic amines is 1. The fourth-order valence-electron chi connectivity index (χ4n) is 2.00. The average Bonchev–Trinajstić information content (AvgIpc) is 2.75. The standard InChI is InChI=1S/C10H10F3N5/c11-10(12,13)8-1-6(8)4-18-5-9(16-17-18)7-2-14-15-3-7/h2-3,5-6,8H,1,4H2,(H,14,15)/t6-,8+/m0/s1. The molecular formula is C10H10F3N5. The minimum Gasteiger partial charge on any atom is -0.285 e. The number of nitrogens with zero attached hydrogens (tertiary/aromatic N) is 4. The summed E-state index contributed by atoms with van der Waals surface area (Å²) in [7, 11) is 0. The fourth-order valence-corrected chi connectivity index (χ4v) is 2.00. The topological polar surface area (TPSA) is 59.4 Å². The van der Waals surface area contributed by atoms with E-state index in [1.165, 1.54) is 4.68 Å². The summed E-state index contributed by atoms with van der Waals surface area (Å²) in [6, 6.07) is 0. The van der Waals surface area contributed by atoms with Crippen LogP contribution in [0.2, 0.25) is 0 Å². The maximum atomic E-state index is 12.4. The number of alkyl halides is 3. The van der Waals surface area contributed by atoms with Gasteiger partial charge in [0.15, 0.2) is 0 Å². The summed E-state index contributed by atoms with van der Waals surface area (Å²) in [5, 5.41) is 14.1. The Kier molecular flexibility index (Phi) is 2.39. The van der Waals surface area contributed by atoms with Crippen molar-refractivity contribution in [3.05, 3.63) is 18.6 Å². The third-order valence-electron chi connectivity index (χ3n) is 3.10. The molecule has 0 unspecified atom stereocenters. The lowest BCUT2D eigenvalue weighted by molar-refractivity contribution is -0.151. The van der Waals surface area contributed by atoms with Gasteiger partial charge in [-0.05, 0) is 12.3 Å². The summed E-state index contributed by atoms with van der Waals surface area (Å²) in [4.78, 5) is 0. The molecule has 2 aromatic heterocycles. The van der Waals surface area contributed by atoms with E-state index < -0.39 is 12.1 Å². The zero-order valence-corrected chi connectivity index (χ0v) is 9.22. The highest BCUT2D eigenvalue weighted by Gasteiger charge is 2.55. The molecule has 0 aromatic carbocycles. The van der Waals surface area contributed by atoms with E-state index in [2.05, 4.69) is 20.5 Å². The Hall–Kier alpha value is -1.86. The summed E-state index contributed by atoms with van der Waals surface area (Å²) < 4.78 is 38.6. The van der Waals surface area contributed by atoms with Gasteiger partial charge in [-0.2, -0.15) is 18.3 Å². The minimum absolute atomic E-state index is 0.185. The number of aromatic nitrogens is 5. The second kappa shape index (κ2) is 3.82. The van der Waals surface area contributed by atoms with Crippen LogP contribution in [0.3, 0.4) is 0 Å². The highest BCUT2D eigenvalue weighted by Crippen LogP contribution is 2.50. The lowest BCUT2D eigenvalue weighted by Crippen LogP contribution is -2.14. The lowest BCUT2D eigenvalue weighted by Gasteiger charge is -2.04. The number of nitrogens with one attached hydrogen (secondary N) is 1. The second-order valence-corrected chi connectivity index (χ2v) is 4.46. The molecular weight excluding hydrogens is 247 g/mol. The molecule has 2 heterocycles. The number of rotatable bonds is 3. The van der Waals surface area contributed by atoms with E-state index in [0.29, 0.717) is 5.69 Å². The van der Waals surface area contributed by atoms with Gasteiger partial charge >= 0.3 is 6.18 Å². The number of H-pyrrole nitrogens is 1. The van der Waals surface area contributed by atoms with Gasteiger partial charge in [-0.25, -0.2) is 0 Å². The third-order valence-corrected chi connectivity index (χ3v) is 3.10. The van der Waals surface area contributed by atoms with Gasteiger partial charge in [-0.1, -0.05) is 5.21 Å². The molecule has 0 aliphatic heterocycles. The maximum Gasteiger partial charge on any atom is 0.392 e. The molecule has 5 nitrogen and oxygen atoms in total. The average molecular weight is 257 g/mol. The zero-order chi connectivity index (χ0) is 12.8. The predicted octanol–water partition coefficient (Wildman–Crippen LogP) is 1.87. The Morgan fingerprint density at radius 2 is 2.28 bits per heavy atom. The van der Waals surface area contributed by atoms with Crippen LogP contribution in [-0.4, -0.2) is 31.4 Å². The maximum absolute atomic E-state index is 12.4. The van der Waals surface area contributed by atoms with Crippen molar-refractivity contribution in [1.82, 2.24) is 25.2 Å². The van der Waals surface area contributed by atoms with E-state index in [1.807, 2.05) is 0 Å². The molecule has 96 valence electrons. The van der Waals surface area contributed by atoms with Crippen molar-refractivity contribution in [2.45, 2.75) is 19.1 Å².